The Bertz CT molecular complexity index is 1510. The van der Waals surface area contributed by atoms with Crippen LogP contribution in [0.5, 0.6) is 17.2 Å². The van der Waals surface area contributed by atoms with Crippen LogP contribution < -0.4 is 14.2 Å². The first-order valence-electron chi connectivity index (χ1n) is 12.4. The molecule has 1 N–H and O–H groups in total. The molecule has 0 aliphatic carbocycles. The van der Waals surface area contributed by atoms with Gasteiger partial charge in [-0.3, -0.25) is 10.2 Å². The standard InChI is InChI=1S/C30H28N4O4S/c1-19-9-11-23(15-20(19)2)37-13-14-38-25-12-10-22(17-26(25)36-3)16-24-28(31)34-30(32-29(24)35)39-27(33-34)18-21-7-5-4-6-8-21/h4-12,15-17,31H,13-14,18H2,1-3H3/b24-16-,31-28?. The molecule has 0 fully saturated rings. The molecule has 3 aromatic rings. The first-order valence-corrected chi connectivity index (χ1v) is 13.3. The van der Waals surface area contributed by atoms with E-state index in [-0.39, 0.29) is 11.4 Å². The summed E-state index contributed by atoms with van der Waals surface area (Å²) < 4.78 is 17.2. The van der Waals surface area contributed by atoms with Crippen molar-refractivity contribution in [2.75, 3.05) is 20.3 Å². The third-order valence-electron chi connectivity index (χ3n) is 6.28. The molecule has 0 radical (unpaired) electrons. The molecule has 2 aliphatic rings. The number of carbonyl (C=O) groups excluding carboxylic acids is 1. The zero-order valence-electron chi connectivity index (χ0n) is 21.9. The van der Waals surface area contributed by atoms with Gasteiger partial charge in [0.25, 0.3) is 5.91 Å². The molecule has 0 unspecified atom stereocenters. The van der Waals surface area contributed by atoms with E-state index < -0.39 is 5.91 Å². The van der Waals surface area contributed by atoms with Crippen LogP contribution in [-0.2, 0) is 11.2 Å². The summed E-state index contributed by atoms with van der Waals surface area (Å²) in [6.45, 7) is 4.83. The van der Waals surface area contributed by atoms with Crippen LogP contribution in [0.15, 0.2) is 82.4 Å². The van der Waals surface area contributed by atoms with Crippen LogP contribution in [0.3, 0.4) is 0 Å². The van der Waals surface area contributed by atoms with Crippen LogP contribution in [0.25, 0.3) is 6.08 Å². The van der Waals surface area contributed by atoms with Gasteiger partial charge in [-0.15, -0.1) is 0 Å². The molecule has 0 aromatic heterocycles. The first kappa shape index (κ1) is 26.2. The maximum absolute atomic E-state index is 12.8. The molecule has 9 heteroatoms. The Morgan fingerprint density at radius 1 is 0.949 bits per heavy atom. The highest BCUT2D eigenvalue weighted by Gasteiger charge is 2.35. The van der Waals surface area contributed by atoms with Gasteiger partial charge in [0.1, 0.15) is 24.0 Å². The zero-order chi connectivity index (χ0) is 27.4. The third-order valence-corrected chi connectivity index (χ3v) is 7.19. The fourth-order valence-electron chi connectivity index (χ4n) is 4.05. The van der Waals surface area contributed by atoms with E-state index in [2.05, 4.69) is 23.9 Å². The molecule has 0 atom stereocenters. The summed E-state index contributed by atoms with van der Waals surface area (Å²) in [7, 11) is 1.56. The van der Waals surface area contributed by atoms with E-state index in [1.807, 2.05) is 48.5 Å². The smallest absolute Gasteiger partial charge is 0.283 e. The number of ether oxygens (including phenoxy) is 3. The van der Waals surface area contributed by atoms with Crippen molar-refractivity contribution in [2.45, 2.75) is 20.3 Å². The highest BCUT2D eigenvalue weighted by molar-refractivity contribution is 8.26. The SMILES string of the molecule is COc1cc(/C=C2/C(=N)N3N=C(Cc4ccccc4)SC3=NC2=O)ccc1OCCOc1ccc(C)c(C)c1. The second-order valence-electron chi connectivity index (χ2n) is 9.03. The summed E-state index contributed by atoms with van der Waals surface area (Å²) in [5, 5.41) is 15.8. The summed E-state index contributed by atoms with van der Waals surface area (Å²) in [5.41, 5.74) is 4.33. The van der Waals surface area contributed by atoms with Crippen molar-refractivity contribution >= 4 is 39.8 Å². The molecule has 0 bridgehead atoms. The Balaban J connectivity index is 1.25. The van der Waals surface area contributed by atoms with Gasteiger partial charge in [0.05, 0.1) is 12.7 Å². The van der Waals surface area contributed by atoms with Crippen molar-refractivity contribution in [1.82, 2.24) is 5.01 Å². The second-order valence-corrected chi connectivity index (χ2v) is 10.1. The predicted molar refractivity (Wildman–Crippen MR) is 155 cm³/mol. The number of rotatable bonds is 9. The van der Waals surface area contributed by atoms with Gasteiger partial charge < -0.3 is 14.2 Å². The predicted octanol–water partition coefficient (Wildman–Crippen LogP) is 5.63. The number of thioether (sulfide) groups is 1. The number of aryl methyl sites for hydroxylation is 2. The van der Waals surface area contributed by atoms with Crippen LogP contribution in [-0.4, -0.2) is 47.3 Å². The lowest BCUT2D eigenvalue weighted by atomic mass is 10.1. The van der Waals surface area contributed by atoms with Crippen LogP contribution >= 0.6 is 11.8 Å². The van der Waals surface area contributed by atoms with Crippen molar-refractivity contribution in [3.8, 4) is 17.2 Å². The van der Waals surface area contributed by atoms with Gasteiger partial charge in [0.2, 0.25) is 5.17 Å². The molecule has 2 heterocycles. The summed E-state index contributed by atoms with van der Waals surface area (Å²) in [6, 6.07) is 21.2. The Kier molecular flexibility index (Phi) is 7.79. The maximum Gasteiger partial charge on any atom is 0.283 e. The average molecular weight is 541 g/mol. The van der Waals surface area contributed by atoms with Gasteiger partial charge in [-0.25, -0.2) is 0 Å². The van der Waals surface area contributed by atoms with Crippen molar-refractivity contribution in [1.29, 1.82) is 5.41 Å². The number of nitrogens with one attached hydrogen (secondary N) is 1. The lowest BCUT2D eigenvalue weighted by Gasteiger charge is -2.20. The number of carbonyl (C=O) groups is 1. The van der Waals surface area contributed by atoms with Gasteiger partial charge in [-0.1, -0.05) is 42.5 Å². The Morgan fingerprint density at radius 2 is 1.74 bits per heavy atom. The molecule has 198 valence electrons. The first-order chi connectivity index (χ1) is 18.9. The van der Waals surface area contributed by atoms with Gasteiger partial charge >= 0.3 is 0 Å². The summed E-state index contributed by atoms with van der Waals surface area (Å²) >= 11 is 1.31. The van der Waals surface area contributed by atoms with Gasteiger partial charge in [-0.2, -0.15) is 15.1 Å². The summed E-state index contributed by atoms with van der Waals surface area (Å²) in [4.78, 5) is 17.0. The Morgan fingerprint density at radius 3 is 2.51 bits per heavy atom. The van der Waals surface area contributed by atoms with Crippen molar-refractivity contribution < 1.29 is 19.0 Å². The number of hydrogen-bond donors (Lipinski definition) is 1. The van der Waals surface area contributed by atoms with Crippen LogP contribution in [0, 0.1) is 19.3 Å². The number of amides is 1. The number of hydrazone groups is 1. The Hall–Kier alpha value is -4.37. The third kappa shape index (κ3) is 6.04. The van der Waals surface area contributed by atoms with Gasteiger partial charge in [0, 0.05) is 6.42 Å². The molecular weight excluding hydrogens is 512 g/mol. The van der Waals surface area contributed by atoms with E-state index in [9.17, 15) is 4.79 Å². The normalized spacial score (nSPS) is 15.7. The van der Waals surface area contributed by atoms with E-state index in [4.69, 9.17) is 19.6 Å². The maximum atomic E-state index is 12.8. The number of aliphatic imine (C=N–C) groups is 1. The average Bonchev–Trinajstić information content (AvgIpc) is 3.34. The minimum Gasteiger partial charge on any atom is -0.493 e. The quantitative estimate of drug-likeness (QED) is 0.279. The molecule has 0 saturated carbocycles. The van der Waals surface area contributed by atoms with Crippen molar-refractivity contribution in [3.05, 3.63) is 94.6 Å². The molecule has 5 rings (SSSR count). The zero-order valence-corrected chi connectivity index (χ0v) is 22.7. The molecule has 0 saturated heterocycles. The number of nitrogens with zero attached hydrogens (tertiary/aromatic N) is 3. The molecule has 1 amide bonds. The second kappa shape index (κ2) is 11.6. The van der Waals surface area contributed by atoms with Gasteiger partial charge in [-0.05, 0) is 78.2 Å². The number of amidine groups is 2. The van der Waals surface area contributed by atoms with Crippen LogP contribution in [0.1, 0.15) is 22.3 Å². The van der Waals surface area contributed by atoms with E-state index >= 15 is 0 Å². The topological polar surface area (TPSA) is 96.6 Å². The fourth-order valence-corrected chi connectivity index (χ4v) is 4.97. The lowest BCUT2D eigenvalue weighted by Crippen LogP contribution is -2.35. The highest BCUT2D eigenvalue weighted by atomic mass is 32.2. The lowest BCUT2D eigenvalue weighted by molar-refractivity contribution is -0.114. The highest BCUT2D eigenvalue weighted by Crippen LogP contribution is 2.32. The van der Waals surface area contributed by atoms with Crippen molar-refractivity contribution in [3.63, 3.8) is 0 Å². The molecule has 8 nitrogen and oxygen atoms in total. The number of benzene rings is 3. The van der Waals surface area contributed by atoms with E-state index in [0.717, 1.165) is 16.4 Å². The van der Waals surface area contributed by atoms with Crippen LogP contribution in [0.4, 0.5) is 0 Å². The Labute approximate surface area is 231 Å². The number of methoxy groups -OCH3 is 1. The largest absolute Gasteiger partial charge is 0.493 e. The minimum atomic E-state index is -0.474. The number of hydrogen-bond acceptors (Lipinski definition) is 7. The molecule has 3 aromatic carbocycles. The summed E-state index contributed by atoms with van der Waals surface area (Å²) in [6.07, 6.45) is 2.23. The molecule has 0 spiro atoms. The van der Waals surface area contributed by atoms with E-state index in [0.29, 0.717) is 41.9 Å². The monoisotopic (exact) mass is 540 g/mol. The molecule has 39 heavy (non-hydrogen) atoms. The number of fused-ring (bicyclic) bond motifs is 1. The van der Waals surface area contributed by atoms with Crippen LogP contribution in [0.2, 0.25) is 0 Å². The van der Waals surface area contributed by atoms with E-state index in [1.165, 1.54) is 27.9 Å². The molecule has 2 aliphatic heterocycles. The van der Waals surface area contributed by atoms with Crippen molar-refractivity contribution in [2.24, 2.45) is 10.1 Å². The summed E-state index contributed by atoms with van der Waals surface area (Å²) in [5.74, 6) is 1.38. The minimum absolute atomic E-state index is 0.0108. The van der Waals surface area contributed by atoms with Gasteiger partial charge in [0.15, 0.2) is 17.3 Å². The molecular formula is C30H28N4O4S. The van der Waals surface area contributed by atoms with E-state index in [1.54, 1.807) is 31.4 Å². The fraction of sp³-hybridized carbons (Fsp3) is 0.200.